The fourth-order valence-electron chi connectivity index (χ4n) is 2.73. The minimum atomic E-state index is -0.0264. The van der Waals surface area contributed by atoms with Crippen molar-refractivity contribution in [3.63, 3.8) is 0 Å². The molecule has 0 bridgehead atoms. The number of hydrogen-bond acceptors (Lipinski definition) is 3. The number of fused-ring (bicyclic) bond motifs is 1. The van der Waals surface area contributed by atoms with Gasteiger partial charge in [-0.1, -0.05) is 24.3 Å². The van der Waals surface area contributed by atoms with Crippen LogP contribution < -0.4 is 5.73 Å². The van der Waals surface area contributed by atoms with Crippen LogP contribution in [0.3, 0.4) is 0 Å². The Morgan fingerprint density at radius 3 is 2.90 bits per heavy atom. The number of rotatable bonds is 2. The minimum Gasteiger partial charge on any atom is -0.329 e. The van der Waals surface area contributed by atoms with E-state index >= 15 is 0 Å². The Balaban J connectivity index is 1.96. The summed E-state index contributed by atoms with van der Waals surface area (Å²) in [7, 11) is 0. The van der Waals surface area contributed by atoms with Crippen LogP contribution in [-0.2, 0) is 6.42 Å². The minimum absolute atomic E-state index is 0.0264. The van der Waals surface area contributed by atoms with Gasteiger partial charge >= 0.3 is 0 Å². The lowest BCUT2D eigenvalue weighted by molar-refractivity contribution is 0.0672. The third-order valence-corrected chi connectivity index (χ3v) is 5.53. The number of hydrogen-bond donors (Lipinski definition) is 1. The highest BCUT2D eigenvalue weighted by atomic mass is 79.9. The quantitative estimate of drug-likeness (QED) is 0.903. The highest BCUT2D eigenvalue weighted by molar-refractivity contribution is 9.10. The van der Waals surface area contributed by atoms with Crippen LogP contribution in [0.1, 0.15) is 26.8 Å². The van der Waals surface area contributed by atoms with E-state index < -0.39 is 0 Å². The lowest BCUT2D eigenvalue weighted by atomic mass is 9.92. The van der Waals surface area contributed by atoms with Crippen LogP contribution in [0.25, 0.3) is 0 Å². The summed E-state index contributed by atoms with van der Waals surface area (Å²) in [6.07, 6.45) is 0.890. The molecule has 1 amide bonds. The van der Waals surface area contributed by atoms with E-state index in [4.69, 9.17) is 5.73 Å². The predicted molar refractivity (Wildman–Crippen MR) is 85.0 cm³/mol. The van der Waals surface area contributed by atoms with Gasteiger partial charge in [0.2, 0.25) is 0 Å². The summed E-state index contributed by atoms with van der Waals surface area (Å²) in [6.45, 7) is 1.17. The molecule has 2 aromatic rings. The van der Waals surface area contributed by atoms with Gasteiger partial charge in [-0.15, -0.1) is 11.3 Å². The topological polar surface area (TPSA) is 46.3 Å². The van der Waals surface area contributed by atoms with Crippen LogP contribution in [0.4, 0.5) is 0 Å². The first-order valence-electron chi connectivity index (χ1n) is 6.54. The zero-order chi connectivity index (χ0) is 14.1. The molecule has 1 atom stereocenters. The Morgan fingerprint density at radius 2 is 2.20 bits per heavy atom. The number of thiophene rings is 1. The van der Waals surface area contributed by atoms with E-state index in [-0.39, 0.29) is 11.9 Å². The van der Waals surface area contributed by atoms with Gasteiger partial charge < -0.3 is 10.6 Å². The van der Waals surface area contributed by atoms with Crippen LogP contribution in [0.2, 0.25) is 0 Å². The molecule has 1 aliphatic rings. The Labute approximate surface area is 130 Å². The van der Waals surface area contributed by atoms with E-state index in [1.165, 1.54) is 22.5 Å². The fraction of sp³-hybridized carbons (Fsp3) is 0.267. The fourth-order valence-corrected chi connectivity index (χ4v) is 4.22. The maximum absolute atomic E-state index is 12.7. The van der Waals surface area contributed by atoms with Gasteiger partial charge in [0.15, 0.2) is 0 Å². The van der Waals surface area contributed by atoms with Crippen molar-refractivity contribution in [2.24, 2.45) is 5.73 Å². The van der Waals surface area contributed by atoms with E-state index in [1.54, 1.807) is 0 Å². The SMILES string of the molecule is NCC1c2ccccc2CCN1C(=O)c1sccc1Br. The van der Waals surface area contributed by atoms with Gasteiger partial charge in [0.25, 0.3) is 5.91 Å². The molecule has 2 heterocycles. The molecule has 2 N–H and O–H groups in total. The smallest absolute Gasteiger partial charge is 0.265 e. The number of nitrogens with zero attached hydrogens (tertiary/aromatic N) is 1. The van der Waals surface area contributed by atoms with Crippen molar-refractivity contribution in [1.82, 2.24) is 4.90 Å². The number of benzene rings is 1. The summed E-state index contributed by atoms with van der Waals surface area (Å²) in [4.78, 5) is 15.4. The first kappa shape index (κ1) is 13.8. The normalized spacial score (nSPS) is 17.9. The Morgan fingerprint density at radius 1 is 1.40 bits per heavy atom. The second-order valence-electron chi connectivity index (χ2n) is 4.80. The highest BCUT2D eigenvalue weighted by Gasteiger charge is 2.31. The van der Waals surface area contributed by atoms with Gasteiger partial charge in [0.05, 0.1) is 6.04 Å². The molecular weight excluding hydrogens is 336 g/mol. The first-order chi connectivity index (χ1) is 9.72. The number of carbonyl (C=O) groups is 1. The molecule has 5 heteroatoms. The Kier molecular flexibility index (Phi) is 3.92. The zero-order valence-electron chi connectivity index (χ0n) is 10.9. The van der Waals surface area contributed by atoms with Gasteiger partial charge in [-0.05, 0) is 44.9 Å². The molecule has 3 nitrogen and oxygen atoms in total. The second kappa shape index (κ2) is 5.68. The summed E-state index contributed by atoms with van der Waals surface area (Å²) in [6, 6.07) is 10.1. The lowest BCUT2D eigenvalue weighted by Gasteiger charge is -2.36. The van der Waals surface area contributed by atoms with Crippen LogP contribution >= 0.6 is 27.3 Å². The van der Waals surface area contributed by atoms with Crippen molar-refractivity contribution >= 4 is 33.2 Å². The van der Waals surface area contributed by atoms with Gasteiger partial charge in [-0.2, -0.15) is 0 Å². The third kappa shape index (κ3) is 2.30. The average Bonchev–Trinajstić information content (AvgIpc) is 2.91. The van der Waals surface area contributed by atoms with Gasteiger partial charge in [-0.25, -0.2) is 0 Å². The van der Waals surface area contributed by atoms with Gasteiger partial charge in [0, 0.05) is 17.6 Å². The molecule has 0 spiro atoms. The van der Waals surface area contributed by atoms with Crippen LogP contribution in [0, 0.1) is 0 Å². The predicted octanol–water partition coefficient (Wildman–Crippen LogP) is 3.21. The van der Waals surface area contributed by atoms with E-state index in [0.717, 1.165) is 22.3 Å². The third-order valence-electron chi connectivity index (χ3n) is 3.71. The van der Waals surface area contributed by atoms with Crippen LogP contribution in [-0.4, -0.2) is 23.9 Å². The molecule has 0 aliphatic carbocycles. The summed E-state index contributed by atoms with van der Waals surface area (Å²) < 4.78 is 0.863. The molecule has 3 rings (SSSR count). The van der Waals surface area contributed by atoms with Crippen molar-refractivity contribution in [1.29, 1.82) is 0 Å². The lowest BCUT2D eigenvalue weighted by Crippen LogP contribution is -2.43. The second-order valence-corrected chi connectivity index (χ2v) is 6.57. The average molecular weight is 351 g/mol. The van der Waals surface area contributed by atoms with Crippen molar-refractivity contribution in [3.05, 3.63) is 56.2 Å². The van der Waals surface area contributed by atoms with E-state index in [9.17, 15) is 4.79 Å². The first-order valence-corrected chi connectivity index (χ1v) is 8.21. The summed E-state index contributed by atoms with van der Waals surface area (Å²) in [5.41, 5.74) is 8.42. The Hall–Kier alpha value is -1.17. The number of halogens is 1. The molecule has 1 aromatic carbocycles. The maximum Gasteiger partial charge on any atom is 0.265 e. The van der Waals surface area contributed by atoms with Gasteiger partial charge in [0.1, 0.15) is 4.88 Å². The number of amides is 1. The number of carbonyl (C=O) groups excluding carboxylic acids is 1. The number of nitrogens with two attached hydrogens (primary N) is 1. The molecule has 1 aromatic heterocycles. The maximum atomic E-state index is 12.7. The molecule has 0 radical (unpaired) electrons. The van der Waals surface area contributed by atoms with E-state index in [2.05, 4.69) is 28.1 Å². The van der Waals surface area contributed by atoms with Crippen molar-refractivity contribution in [3.8, 4) is 0 Å². The molecule has 0 saturated carbocycles. The molecule has 0 fully saturated rings. The zero-order valence-corrected chi connectivity index (χ0v) is 13.3. The molecule has 20 heavy (non-hydrogen) atoms. The van der Waals surface area contributed by atoms with Crippen molar-refractivity contribution in [2.45, 2.75) is 12.5 Å². The molecule has 1 aliphatic heterocycles. The van der Waals surface area contributed by atoms with Crippen molar-refractivity contribution in [2.75, 3.05) is 13.1 Å². The molecule has 1 unspecified atom stereocenters. The monoisotopic (exact) mass is 350 g/mol. The van der Waals surface area contributed by atoms with E-state index in [0.29, 0.717) is 6.54 Å². The van der Waals surface area contributed by atoms with Crippen LogP contribution in [0.5, 0.6) is 0 Å². The molecule has 104 valence electrons. The summed E-state index contributed by atoms with van der Waals surface area (Å²) in [5, 5.41) is 1.92. The molecular formula is C15H15BrN2OS. The van der Waals surface area contributed by atoms with Gasteiger partial charge in [-0.3, -0.25) is 4.79 Å². The Bertz CT molecular complexity index is 640. The van der Waals surface area contributed by atoms with E-state index in [1.807, 2.05) is 28.5 Å². The molecule has 0 saturated heterocycles. The van der Waals surface area contributed by atoms with Crippen molar-refractivity contribution < 1.29 is 4.79 Å². The standard InChI is InChI=1S/C15H15BrN2OS/c16-12-6-8-20-14(12)15(19)18-7-5-10-3-1-2-4-11(10)13(18)9-17/h1-4,6,8,13H,5,7,9,17H2. The summed E-state index contributed by atoms with van der Waals surface area (Å²) >= 11 is 4.90. The van der Waals surface area contributed by atoms with Crippen LogP contribution in [0.15, 0.2) is 40.2 Å². The largest absolute Gasteiger partial charge is 0.329 e. The highest BCUT2D eigenvalue weighted by Crippen LogP contribution is 2.32. The summed E-state index contributed by atoms with van der Waals surface area (Å²) in [5.74, 6) is 0.0665.